The number of carbonyl (C=O) groups is 1. The van der Waals surface area contributed by atoms with Crippen molar-refractivity contribution in [2.75, 3.05) is 0 Å². The zero-order valence-electron chi connectivity index (χ0n) is 9.61. The molecule has 1 aromatic carbocycles. The molecule has 0 saturated carbocycles. The number of nitro groups is 1. The number of nitro benzene ring substituents is 1. The summed E-state index contributed by atoms with van der Waals surface area (Å²) in [7, 11) is 0. The van der Waals surface area contributed by atoms with E-state index in [1.165, 1.54) is 12.1 Å². The number of carboxylic acid groups (broad SMARTS) is 1. The van der Waals surface area contributed by atoms with Gasteiger partial charge in [0.15, 0.2) is 0 Å². The van der Waals surface area contributed by atoms with Crippen molar-refractivity contribution in [1.82, 2.24) is 0 Å². The first kappa shape index (κ1) is 13.4. The van der Waals surface area contributed by atoms with Crippen molar-refractivity contribution in [1.29, 1.82) is 0 Å². The average molecular weight is 257 g/mol. The van der Waals surface area contributed by atoms with Gasteiger partial charge in [-0.15, -0.1) is 0 Å². The smallest absolute Gasteiger partial charge is 0.292 e. The van der Waals surface area contributed by atoms with E-state index >= 15 is 0 Å². The van der Waals surface area contributed by atoms with E-state index in [9.17, 15) is 20.0 Å². The van der Waals surface area contributed by atoms with Gasteiger partial charge in [-0.25, -0.2) is 0 Å². The minimum absolute atomic E-state index is 0.0787. The molecule has 0 aliphatic heterocycles. The van der Waals surface area contributed by atoms with E-state index in [1.54, 1.807) is 20.8 Å². The molecule has 0 bridgehead atoms. The second-order valence-electron chi connectivity index (χ2n) is 4.61. The highest BCUT2D eigenvalue weighted by Gasteiger charge is 2.31. The summed E-state index contributed by atoms with van der Waals surface area (Å²) in [6.45, 7) is 5.04. The molecule has 0 amide bonds. The summed E-state index contributed by atoms with van der Waals surface area (Å²) in [5.74, 6) is -1.45. The molecule has 0 radical (unpaired) electrons. The Morgan fingerprint density at radius 3 is 2.24 bits per heavy atom. The van der Waals surface area contributed by atoms with Gasteiger partial charge in [-0.1, -0.05) is 38.4 Å². The summed E-state index contributed by atoms with van der Waals surface area (Å²) in [5.41, 5.74) is -1.22. The molecule has 0 N–H and O–H groups in total. The van der Waals surface area contributed by atoms with Gasteiger partial charge in [-0.3, -0.25) is 10.1 Å². The lowest BCUT2D eigenvalue weighted by molar-refractivity contribution is -0.385. The van der Waals surface area contributed by atoms with Crippen LogP contribution in [0.15, 0.2) is 12.1 Å². The van der Waals surface area contributed by atoms with E-state index in [0.29, 0.717) is 0 Å². The third kappa shape index (κ3) is 2.55. The van der Waals surface area contributed by atoms with Crippen LogP contribution in [0.2, 0.25) is 5.02 Å². The third-order valence-electron chi connectivity index (χ3n) is 2.28. The van der Waals surface area contributed by atoms with E-state index < -0.39 is 16.3 Å². The highest BCUT2D eigenvalue weighted by molar-refractivity contribution is 6.33. The Labute approximate surface area is 103 Å². The minimum Gasteiger partial charge on any atom is -0.545 e. The minimum atomic E-state index is -1.45. The molecule has 1 rings (SSSR count). The Morgan fingerprint density at radius 1 is 1.35 bits per heavy atom. The van der Waals surface area contributed by atoms with Crippen molar-refractivity contribution in [2.45, 2.75) is 26.2 Å². The predicted molar refractivity (Wildman–Crippen MR) is 61.1 cm³/mol. The number of hydrogen-bond acceptors (Lipinski definition) is 4. The molecule has 92 valence electrons. The van der Waals surface area contributed by atoms with E-state index in [4.69, 9.17) is 11.6 Å². The van der Waals surface area contributed by atoms with Crippen LogP contribution in [0, 0.1) is 10.1 Å². The van der Waals surface area contributed by atoms with Crippen LogP contribution >= 0.6 is 11.6 Å². The molecular formula is C11H11ClNO4-. The van der Waals surface area contributed by atoms with Gasteiger partial charge in [0.1, 0.15) is 5.02 Å². The van der Waals surface area contributed by atoms with E-state index in [0.717, 1.165) is 0 Å². The standard InChI is InChI=1S/C11H12ClNO4/c1-11(2,3)8-6(10(14)15)4-5-7(12)9(8)13(16)17/h4-5H,1-3H3,(H,14,15)/p-1. The van der Waals surface area contributed by atoms with Crippen LogP contribution in [0.1, 0.15) is 36.7 Å². The van der Waals surface area contributed by atoms with Crippen molar-refractivity contribution in [2.24, 2.45) is 0 Å². The number of aromatic carboxylic acids is 1. The van der Waals surface area contributed by atoms with E-state index in [-0.39, 0.29) is 21.8 Å². The molecular weight excluding hydrogens is 246 g/mol. The van der Waals surface area contributed by atoms with Crippen LogP contribution in [0.4, 0.5) is 5.69 Å². The fraction of sp³-hybridized carbons (Fsp3) is 0.364. The van der Waals surface area contributed by atoms with Gasteiger partial charge < -0.3 is 9.90 Å². The summed E-state index contributed by atoms with van der Waals surface area (Å²) in [6.07, 6.45) is 0. The van der Waals surface area contributed by atoms with Gasteiger partial charge in [-0.2, -0.15) is 0 Å². The largest absolute Gasteiger partial charge is 0.545 e. The molecule has 0 saturated heterocycles. The number of rotatable bonds is 2. The van der Waals surface area contributed by atoms with Crippen molar-refractivity contribution in [3.63, 3.8) is 0 Å². The van der Waals surface area contributed by atoms with Crippen molar-refractivity contribution in [3.8, 4) is 0 Å². The Hall–Kier alpha value is -1.62. The van der Waals surface area contributed by atoms with Gasteiger partial charge in [0.25, 0.3) is 5.69 Å². The number of nitrogens with zero attached hydrogens (tertiary/aromatic N) is 1. The van der Waals surface area contributed by atoms with Crippen LogP contribution in [0.3, 0.4) is 0 Å². The molecule has 1 aromatic rings. The van der Waals surface area contributed by atoms with Gasteiger partial charge in [0.2, 0.25) is 0 Å². The maximum Gasteiger partial charge on any atom is 0.292 e. The highest BCUT2D eigenvalue weighted by Crippen LogP contribution is 2.38. The third-order valence-corrected chi connectivity index (χ3v) is 2.59. The van der Waals surface area contributed by atoms with Crippen molar-refractivity contribution in [3.05, 3.63) is 38.4 Å². The molecule has 0 aromatic heterocycles. The molecule has 0 fully saturated rings. The van der Waals surface area contributed by atoms with Gasteiger partial charge in [0, 0.05) is 11.1 Å². The Morgan fingerprint density at radius 2 is 1.88 bits per heavy atom. The van der Waals surface area contributed by atoms with Crippen LogP contribution in [0.25, 0.3) is 0 Å². The molecule has 0 unspecified atom stereocenters. The SMILES string of the molecule is CC(C)(C)c1c(C(=O)[O-])ccc(Cl)c1[N+](=O)[O-]. The molecule has 0 spiro atoms. The first-order valence-electron chi connectivity index (χ1n) is 4.85. The van der Waals surface area contributed by atoms with E-state index in [2.05, 4.69) is 0 Å². The lowest BCUT2D eigenvalue weighted by Crippen LogP contribution is -2.28. The van der Waals surface area contributed by atoms with Gasteiger partial charge in [-0.05, 0) is 11.5 Å². The Bertz CT molecular complexity index is 491. The first-order valence-corrected chi connectivity index (χ1v) is 5.22. The number of benzene rings is 1. The topological polar surface area (TPSA) is 83.3 Å². The number of carboxylic acids is 1. The molecule has 0 aliphatic rings. The van der Waals surface area contributed by atoms with E-state index in [1.807, 2.05) is 0 Å². The monoisotopic (exact) mass is 256 g/mol. The number of hydrogen-bond donors (Lipinski definition) is 0. The van der Waals surface area contributed by atoms with Crippen LogP contribution in [0.5, 0.6) is 0 Å². The zero-order chi connectivity index (χ0) is 13.4. The molecule has 17 heavy (non-hydrogen) atoms. The van der Waals surface area contributed by atoms with Crippen LogP contribution in [-0.2, 0) is 5.41 Å². The lowest BCUT2D eigenvalue weighted by Gasteiger charge is -2.23. The molecule has 0 aliphatic carbocycles. The maximum atomic E-state index is 11.0. The molecule has 6 heteroatoms. The molecule has 5 nitrogen and oxygen atoms in total. The predicted octanol–water partition coefficient (Wildman–Crippen LogP) is 1.91. The summed E-state index contributed by atoms with van der Waals surface area (Å²) in [6, 6.07) is 2.42. The Kier molecular flexibility index (Phi) is 3.43. The first-order chi connectivity index (χ1) is 7.66. The molecule has 0 atom stereocenters. The summed E-state index contributed by atoms with van der Waals surface area (Å²) < 4.78 is 0. The second kappa shape index (κ2) is 4.33. The highest BCUT2D eigenvalue weighted by atomic mass is 35.5. The van der Waals surface area contributed by atoms with Crippen molar-refractivity contribution < 1.29 is 14.8 Å². The summed E-state index contributed by atoms with van der Waals surface area (Å²) >= 11 is 5.75. The molecule has 0 heterocycles. The summed E-state index contributed by atoms with van der Waals surface area (Å²) in [4.78, 5) is 21.3. The Balaban J connectivity index is 3.75. The lowest BCUT2D eigenvalue weighted by atomic mass is 9.82. The zero-order valence-corrected chi connectivity index (χ0v) is 10.4. The fourth-order valence-electron chi connectivity index (χ4n) is 1.67. The quantitative estimate of drug-likeness (QED) is 0.598. The second-order valence-corrected chi connectivity index (χ2v) is 5.02. The maximum absolute atomic E-state index is 11.0. The van der Waals surface area contributed by atoms with Gasteiger partial charge in [0.05, 0.1) is 10.9 Å². The number of carbonyl (C=O) groups excluding carboxylic acids is 1. The van der Waals surface area contributed by atoms with Gasteiger partial charge >= 0.3 is 0 Å². The van der Waals surface area contributed by atoms with Crippen LogP contribution in [-0.4, -0.2) is 10.9 Å². The van der Waals surface area contributed by atoms with Crippen molar-refractivity contribution >= 4 is 23.3 Å². The normalized spacial score (nSPS) is 11.3. The van der Waals surface area contributed by atoms with Crippen LogP contribution < -0.4 is 5.11 Å². The number of halogens is 1. The summed E-state index contributed by atoms with van der Waals surface area (Å²) in [5, 5.41) is 21.9. The average Bonchev–Trinajstić information content (AvgIpc) is 2.14. The fourth-order valence-corrected chi connectivity index (χ4v) is 1.90.